The number of carbonyl (C=O) groups excluding carboxylic acids is 4. The van der Waals surface area contributed by atoms with Crippen molar-refractivity contribution in [2.24, 2.45) is 0 Å². The topological polar surface area (TPSA) is 161 Å². The molecule has 0 saturated carbocycles. The van der Waals surface area contributed by atoms with Gasteiger partial charge in [0.25, 0.3) is 0 Å². The van der Waals surface area contributed by atoms with Gasteiger partial charge in [0.2, 0.25) is 0 Å². The van der Waals surface area contributed by atoms with Gasteiger partial charge in [0, 0.05) is 0 Å². The molecule has 0 aliphatic rings. The van der Waals surface area contributed by atoms with Crippen LogP contribution in [0.15, 0.2) is 24.3 Å². The van der Waals surface area contributed by atoms with Crippen LogP contribution >= 0.6 is 0 Å². The van der Waals surface area contributed by atoms with E-state index in [2.05, 4.69) is 0 Å². The standard InChI is InChI=1S/2C4H4O4.2Ca/c2*5-3(6)1-2-4(7)8;;/h2*1-2H,(H,5,6)(H,7,8);;/q;;2*+2/p-4/b2*2-1-;;. The summed E-state index contributed by atoms with van der Waals surface area (Å²) in [5.41, 5.74) is 0. The van der Waals surface area contributed by atoms with Crippen LogP contribution in [0.3, 0.4) is 0 Å². The van der Waals surface area contributed by atoms with Crippen LogP contribution in [-0.2, 0) is 19.2 Å². The molecule has 0 radical (unpaired) electrons. The Balaban J connectivity index is -0.0000000980. The first-order valence-corrected chi connectivity index (χ1v) is 3.45. The summed E-state index contributed by atoms with van der Waals surface area (Å²) in [6.45, 7) is 0. The zero-order valence-electron chi connectivity index (χ0n) is 8.99. The summed E-state index contributed by atoms with van der Waals surface area (Å²) in [6.07, 6.45) is 1.54. The van der Waals surface area contributed by atoms with Crippen molar-refractivity contribution in [1.29, 1.82) is 0 Å². The van der Waals surface area contributed by atoms with E-state index in [4.69, 9.17) is 0 Å². The maximum Gasteiger partial charge on any atom is 2.00 e. The van der Waals surface area contributed by atoms with E-state index in [9.17, 15) is 39.6 Å². The Bertz CT molecular complexity index is 281. The fourth-order valence-electron chi connectivity index (χ4n) is 0.272. The van der Waals surface area contributed by atoms with E-state index in [1.54, 1.807) is 0 Å². The average molecular weight is 308 g/mol. The van der Waals surface area contributed by atoms with Gasteiger partial charge in [0.1, 0.15) is 0 Å². The summed E-state index contributed by atoms with van der Waals surface area (Å²) in [6, 6.07) is 0. The molecule has 0 N–H and O–H groups in total. The summed E-state index contributed by atoms with van der Waals surface area (Å²) < 4.78 is 0. The second kappa shape index (κ2) is 16.9. The van der Waals surface area contributed by atoms with E-state index in [1.165, 1.54) is 0 Å². The van der Waals surface area contributed by atoms with E-state index in [0.717, 1.165) is 0 Å². The molecule has 88 valence electrons. The molecular formula is C8H4Ca2O8. The molecule has 0 aromatic heterocycles. The first-order chi connectivity index (χ1) is 7.25. The molecule has 0 spiro atoms. The van der Waals surface area contributed by atoms with Gasteiger partial charge in [-0.15, -0.1) is 0 Å². The van der Waals surface area contributed by atoms with Gasteiger partial charge in [-0.3, -0.25) is 0 Å². The number of hydrogen-bond donors (Lipinski definition) is 0. The number of carboxylic acid groups (broad SMARTS) is 4. The quantitative estimate of drug-likeness (QED) is 0.365. The first-order valence-electron chi connectivity index (χ1n) is 3.45. The van der Waals surface area contributed by atoms with Crippen molar-refractivity contribution in [3.05, 3.63) is 24.3 Å². The number of rotatable bonds is 4. The van der Waals surface area contributed by atoms with Gasteiger partial charge in [-0.1, -0.05) is 0 Å². The summed E-state index contributed by atoms with van der Waals surface area (Å²) in [5.74, 6) is -6.19. The fourth-order valence-corrected chi connectivity index (χ4v) is 0.272. The van der Waals surface area contributed by atoms with Crippen LogP contribution in [0.2, 0.25) is 0 Å². The third kappa shape index (κ3) is 36.0. The van der Waals surface area contributed by atoms with Crippen LogP contribution in [0.5, 0.6) is 0 Å². The molecule has 18 heavy (non-hydrogen) atoms. The zero-order valence-corrected chi connectivity index (χ0v) is 13.4. The summed E-state index contributed by atoms with van der Waals surface area (Å²) in [4.78, 5) is 37.7. The van der Waals surface area contributed by atoms with Crippen LogP contribution in [-0.4, -0.2) is 99.4 Å². The number of aliphatic carboxylic acids is 4. The SMILES string of the molecule is O=C([O-])/C=C\C(=O)[O-].O=C([O-])/C=C\C(=O)[O-].[Ca+2].[Ca+2]. The third-order valence-electron chi connectivity index (χ3n) is 0.711. The molecule has 0 amide bonds. The van der Waals surface area contributed by atoms with Crippen molar-refractivity contribution >= 4 is 99.4 Å². The van der Waals surface area contributed by atoms with Crippen LogP contribution in [0.1, 0.15) is 0 Å². The molecule has 0 unspecified atom stereocenters. The average Bonchev–Trinajstić information content (AvgIpc) is 2.12. The van der Waals surface area contributed by atoms with Crippen molar-refractivity contribution in [3.8, 4) is 0 Å². The van der Waals surface area contributed by atoms with Crippen molar-refractivity contribution in [2.75, 3.05) is 0 Å². The van der Waals surface area contributed by atoms with E-state index >= 15 is 0 Å². The molecule has 10 heteroatoms. The van der Waals surface area contributed by atoms with Gasteiger partial charge >= 0.3 is 75.5 Å². The summed E-state index contributed by atoms with van der Waals surface area (Å²) >= 11 is 0. The van der Waals surface area contributed by atoms with E-state index < -0.39 is 23.9 Å². The maximum absolute atomic E-state index is 9.41. The van der Waals surface area contributed by atoms with Crippen LogP contribution in [0.25, 0.3) is 0 Å². The fraction of sp³-hybridized carbons (Fsp3) is 0. The van der Waals surface area contributed by atoms with Gasteiger partial charge in [0.05, 0.1) is 23.9 Å². The Hall–Kier alpha value is -0.121. The van der Waals surface area contributed by atoms with Crippen molar-refractivity contribution in [3.63, 3.8) is 0 Å². The molecule has 0 aliphatic carbocycles. The maximum atomic E-state index is 9.41. The number of carbonyl (C=O) groups is 4. The summed E-state index contributed by atoms with van der Waals surface area (Å²) in [7, 11) is 0. The minimum atomic E-state index is -1.55. The Morgan fingerprint density at radius 3 is 0.667 bits per heavy atom. The second-order valence-electron chi connectivity index (χ2n) is 1.94. The Kier molecular flexibility index (Phi) is 24.8. The first kappa shape index (κ1) is 26.4. The molecule has 0 aliphatic heterocycles. The molecular weight excluding hydrogens is 304 g/mol. The van der Waals surface area contributed by atoms with E-state index in [1.807, 2.05) is 0 Å². The monoisotopic (exact) mass is 308 g/mol. The van der Waals surface area contributed by atoms with Crippen molar-refractivity contribution < 1.29 is 39.6 Å². The minimum Gasteiger partial charge on any atom is -0.545 e. The Morgan fingerprint density at radius 2 is 0.611 bits per heavy atom. The predicted octanol–water partition coefficient (Wildman–Crippen LogP) is -6.68. The number of carboxylic acids is 4. The van der Waals surface area contributed by atoms with Gasteiger partial charge in [-0.2, -0.15) is 0 Å². The van der Waals surface area contributed by atoms with Crippen LogP contribution in [0.4, 0.5) is 0 Å². The van der Waals surface area contributed by atoms with Crippen LogP contribution < -0.4 is 20.4 Å². The molecule has 8 nitrogen and oxygen atoms in total. The third-order valence-corrected chi connectivity index (χ3v) is 0.711. The molecule has 0 heterocycles. The molecule has 0 aromatic rings. The van der Waals surface area contributed by atoms with Gasteiger partial charge in [0.15, 0.2) is 0 Å². The molecule has 0 saturated heterocycles. The normalized spacial score (nSPS) is 8.44. The predicted molar refractivity (Wildman–Crippen MR) is 49.8 cm³/mol. The van der Waals surface area contributed by atoms with Gasteiger partial charge in [-0.25, -0.2) is 0 Å². The summed E-state index contributed by atoms with van der Waals surface area (Å²) in [5, 5.41) is 37.7. The smallest absolute Gasteiger partial charge is 0.545 e. The Morgan fingerprint density at radius 1 is 0.500 bits per heavy atom. The molecule has 0 atom stereocenters. The van der Waals surface area contributed by atoms with E-state index in [-0.39, 0.29) is 75.5 Å². The van der Waals surface area contributed by atoms with Gasteiger partial charge < -0.3 is 39.6 Å². The largest absolute Gasteiger partial charge is 2.00 e. The van der Waals surface area contributed by atoms with Crippen molar-refractivity contribution in [2.45, 2.75) is 0 Å². The molecule has 0 rings (SSSR count). The van der Waals surface area contributed by atoms with Crippen LogP contribution in [0, 0.1) is 0 Å². The number of hydrogen-bond acceptors (Lipinski definition) is 8. The Labute approximate surface area is 161 Å². The molecule has 0 aromatic carbocycles. The minimum absolute atomic E-state index is 0. The molecule has 0 bridgehead atoms. The van der Waals surface area contributed by atoms with Gasteiger partial charge in [-0.05, 0) is 24.3 Å². The molecule has 0 fully saturated rings. The second-order valence-corrected chi connectivity index (χ2v) is 1.94. The van der Waals surface area contributed by atoms with Crippen molar-refractivity contribution in [1.82, 2.24) is 0 Å². The van der Waals surface area contributed by atoms with E-state index in [0.29, 0.717) is 24.3 Å². The zero-order chi connectivity index (χ0) is 13.1.